The molecule has 1 aromatic carbocycles. The molecule has 0 saturated carbocycles. The van der Waals surface area contributed by atoms with E-state index in [-0.39, 0.29) is 11.7 Å². The van der Waals surface area contributed by atoms with Gasteiger partial charge in [0, 0.05) is 19.1 Å². The number of phenolic OH excluding ortho intramolecular Hbond substituents is 1. The second-order valence-corrected chi connectivity index (χ2v) is 5.38. The summed E-state index contributed by atoms with van der Waals surface area (Å²) >= 11 is 0. The molecule has 4 heteroatoms. The van der Waals surface area contributed by atoms with Crippen LogP contribution in [0.3, 0.4) is 0 Å². The molecule has 1 heterocycles. The van der Waals surface area contributed by atoms with E-state index >= 15 is 0 Å². The summed E-state index contributed by atoms with van der Waals surface area (Å²) in [5, 5.41) is 13.3. The van der Waals surface area contributed by atoms with E-state index in [9.17, 15) is 9.90 Å². The highest BCUT2D eigenvalue weighted by atomic mass is 16.3. The molecule has 1 aliphatic heterocycles. The molecule has 1 aliphatic rings. The van der Waals surface area contributed by atoms with E-state index in [1.807, 2.05) is 31.0 Å². The number of aromatic hydroxyl groups is 1. The number of nitrogens with zero attached hydrogens (tertiary/aromatic N) is 1. The lowest BCUT2D eigenvalue weighted by Gasteiger charge is -2.37. The molecule has 1 amide bonds. The highest BCUT2D eigenvalue weighted by Gasteiger charge is 2.29. The van der Waals surface area contributed by atoms with Gasteiger partial charge in [-0.1, -0.05) is 19.1 Å². The summed E-state index contributed by atoms with van der Waals surface area (Å²) in [6.45, 7) is 5.43. The predicted molar refractivity (Wildman–Crippen MR) is 75.4 cm³/mol. The summed E-state index contributed by atoms with van der Waals surface area (Å²) in [5.74, 6) is 0.466. The Kier molecular flexibility index (Phi) is 4.10. The minimum atomic E-state index is -0.0670. The van der Waals surface area contributed by atoms with Crippen LogP contribution in [0.1, 0.15) is 29.3 Å². The number of carbonyl (C=O) groups is 1. The third kappa shape index (κ3) is 2.73. The highest BCUT2D eigenvalue weighted by Crippen LogP contribution is 2.25. The fourth-order valence-corrected chi connectivity index (χ4v) is 2.76. The second kappa shape index (κ2) is 5.61. The minimum Gasteiger partial charge on any atom is -0.507 e. The zero-order valence-corrected chi connectivity index (χ0v) is 11.8. The lowest BCUT2D eigenvalue weighted by atomic mass is 9.93. The molecule has 2 atom stereocenters. The molecule has 2 N–H and O–H groups in total. The van der Waals surface area contributed by atoms with E-state index in [1.54, 1.807) is 6.07 Å². The molecule has 0 spiro atoms. The molecule has 19 heavy (non-hydrogen) atoms. The second-order valence-electron chi connectivity index (χ2n) is 5.38. The van der Waals surface area contributed by atoms with Gasteiger partial charge >= 0.3 is 0 Å². The molecule has 0 aromatic heterocycles. The third-order valence-electron chi connectivity index (χ3n) is 4.03. The zero-order valence-electron chi connectivity index (χ0n) is 11.8. The van der Waals surface area contributed by atoms with Crippen molar-refractivity contribution in [2.75, 3.05) is 20.1 Å². The van der Waals surface area contributed by atoms with Gasteiger partial charge in [0.05, 0.1) is 5.56 Å². The van der Waals surface area contributed by atoms with Gasteiger partial charge in [0.2, 0.25) is 0 Å². The van der Waals surface area contributed by atoms with Crippen LogP contribution in [0.25, 0.3) is 0 Å². The number of amides is 1. The van der Waals surface area contributed by atoms with E-state index < -0.39 is 0 Å². The van der Waals surface area contributed by atoms with Crippen molar-refractivity contribution >= 4 is 5.91 Å². The fourth-order valence-electron chi connectivity index (χ4n) is 2.76. The Hall–Kier alpha value is -1.55. The molecule has 4 nitrogen and oxygen atoms in total. The quantitative estimate of drug-likeness (QED) is 0.854. The van der Waals surface area contributed by atoms with Gasteiger partial charge in [-0.2, -0.15) is 0 Å². The average Bonchev–Trinajstić information content (AvgIpc) is 2.41. The van der Waals surface area contributed by atoms with Crippen LogP contribution < -0.4 is 5.32 Å². The van der Waals surface area contributed by atoms with Crippen molar-refractivity contribution in [3.05, 3.63) is 29.3 Å². The molecular weight excluding hydrogens is 240 g/mol. The molecule has 0 radical (unpaired) electrons. The molecule has 2 unspecified atom stereocenters. The van der Waals surface area contributed by atoms with Crippen molar-refractivity contribution in [2.24, 2.45) is 5.92 Å². The average molecular weight is 262 g/mol. The summed E-state index contributed by atoms with van der Waals surface area (Å²) in [5.41, 5.74) is 1.15. The van der Waals surface area contributed by atoms with Crippen molar-refractivity contribution in [1.29, 1.82) is 0 Å². The van der Waals surface area contributed by atoms with E-state index in [2.05, 4.69) is 12.2 Å². The Bertz CT molecular complexity index is 473. The Morgan fingerprint density at radius 3 is 2.84 bits per heavy atom. The molecule has 104 valence electrons. The Morgan fingerprint density at radius 1 is 1.47 bits per heavy atom. The Labute approximate surface area is 114 Å². The van der Waals surface area contributed by atoms with Crippen molar-refractivity contribution in [3.8, 4) is 5.75 Å². The van der Waals surface area contributed by atoms with Gasteiger partial charge in [-0.3, -0.25) is 4.79 Å². The first-order valence-electron chi connectivity index (χ1n) is 6.79. The topological polar surface area (TPSA) is 52.6 Å². The summed E-state index contributed by atoms with van der Waals surface area (Å²) in [6, 6.07) is 5.78. The fraction of sp³-hybridized carbons (Fsp3) is 0.533. The number of benzene rings is 1. The summed E-state index contributed by atoms with van der Waals surface area (Å²) in [6.07, 6.45) is 0.954. The van der Waals surface area contributed by atoms with Crippen molar-refractivity contribution in [3.63, 3.8) is 0 Å². The van der Waals surface area contributed by atoms with Crippen LogP contribution in [0.5, 0.6) is 5.75 Å². The standard InChI is InChI=1S/C15H22N2O2/c1-10-5-4-6-12(14(10)18)15(19)17-8-7-13(16-3)11(2)9-17/h4-6,11,13,16,18H,7-9H2,1-3H3. The molecular formula is C15H22N2O2. The van der Waals surface area contributed by atoms with Gasteiger partial charge < -0.3 is 15.3 Å². The molecule has 1 saturated heterocycles. The lowest BCUT2D eigenvalue weighted by molar-refractivity contribution is 0.0646. The van der Waals surface area contributed by atoms with Gasteiger partial charge in [-0.05, 0) is 37.9 Å². The van der Waals surface area contributed by atoms with Crippen LogP contribution >= 0.6 is 0 Å². The highest BCUT2D eigenvalue weighted by molar-refractivity contribution is 5.97. The molecule has 1 aromatic rings. The minimum absolute atomic E-state index is 0.0670. The molecule has 0 aliphatic carbocycles. The molecule has 1 fully saturated rings. The number of aryl methyl sites for hydroxylation is 1. The number of rotatable bonds is 2. The molecule has 0 bridgehead atoms. The maximum absolute atomic E-state index is 12.5. The lowest BCUT2D eigenvalue weighted by Crippen LogP contribution is -2.49. The summed E-state index contributed by atoms with van der Waals surface area (Å²) in [4.78, 5) is 14.3. The number of para-hydroxylation sites is 1. The smallest absolute Gasteiger partial charge is 0.257 e. The van der Waals surface area contributed by atoms with Gasteiger partial charge in [0.15, 0.2) is 0 Å². The maximum atomic E-state index is 12.5. The monoisotopic (exact) mass is 262 g/mol. The Balaban J connectivity index is 2.15. The number of hydrogen-bond acceptors (Lipinski definition) is 3. The third-order valence-corrected chi connectivity index (χ3v) is 4.03. The number of phenols is 1. The number of carbonyl (C=O) groups excluding carboxylic acids is 1. The first-order valence-corrected chi connectivity index (χ1v) is 6.79. The van der Waals surface area contributed by atoms with Crippen molar-refractivity contribution < 1.29 is 9.90 Å². The van der Waals surface area contributed by atoms with Gasteiger partial charge in [-0.15, -0.1) is 0 Å². The SMILES string of the molecule is CNC1CCN(C(=O)c2cccc(C)c2O)CC1C. The summed E-state index contributed by atoms with van der Waals surface area (Å²) in [7, 11) is 1.96. The largest absolute Gasteiger partial charge is 0.507 e. The number of likely N-dealkylation sites (tertiary alicyclic amines) is 1. The van der Waals surface area contributed by atoms with Crippen LogP contribution in [0.4, 0.5) is 0 Å². The van der Waals surface area contributed by atoms with Gasteiger partial charge in [0.25, 0.3) is 5.91 Å². The van der Waals surface area contributed by atoms with Crippen LogP contribution in [0.2, 0.25) is 0 Å². The number of hydrogen-bond donors (Lipinski definition) is 2. The normalized spacial score (nSPS) is 23.4. The molecule has 2 rings (SSSR count). The maximum Gasteiger partial charge on any atom is 0.257 e. The van der Waals surface area contributed by atoms with Crippen molar-refractivity contribution in [1.82, 2.24) is 10.2 Å². The van der Waals surface area contributed by atoms with Crippen molar-refractivity contribution in [2.45, 2.75) is 26.3 Å². The van der Waals surface area contributed by atoms with Crippen LogP contribution in [-0.2, 0) is 0 Å². The van der Waals surface area contributed by atoms with Crippen LogP contribution in [0, 0.1) is 12.8 Å². The van der Waals surface area contributed by atoms with Crippen LogP contribution in [0.15, 0.2) is 18.2 Å². The van der Waals surface area contributed by atoms with Gasteiger partial charge in [0.1, 0.15) is 5.75 Å². The van der Waals surface area contributed by atoms with E-state index in [1.165, 1.54) is 0 Å². The first kappa shape index (κ1) is 13.9. The summed E-state index contributed by atoms with van der Waals surface area (Å²) < 4.78 is 0. The van der Waals surface area contributed by atoms with Gasteiger partial charge in [-0.25, -0.2) is 0 Å². The first-order chi connectivity index (χ1) is 9.04. The number of piperidine rings is 1. The Morgan fingerprint density at radius 2 is 2.21 bits per heavy atom. The zero-order chi connectivity index (χ0) is 14.0. The van der Waals surface area contributed by atoms with Crippen LogP contribution in [-0.4, -0.2) is 42.1 Å². The van der Waals surface area contributed by atoms with E-state index in [0.717, 1.165) is 25.1 Å². The number of nitrogens with one attached hydrogen (secondary N) is 1. The predicted octanol–water partition coefficient (Wildman–Crippen LogP) is 1.77. The van der Waals surface area contributed by atoms with E-state index in [4.69, 9.17) is 0 Å². The van der Waals surface area contributed by atoms with E-state index in [0.29, 0.717) is 17.5 Å².